The first-order valence-electron chi connectivity index (χ1n) is 6.41. The Morgan fingerprint density at radius 3 is 3.00 bits per heavy atom. The smallest absolute Gasteiger partial charge is 0.261 e. The third-order valence-corrected chi connectivity index (χ3v) is 3.58. The van der Waals surface area contributed by atoms with Crippen LogP contribution in [0.2, 0.25) is 0 Å². The lowest BCUT2D eigenvalue weighted by Crippen LogP contribution is -2.36. The van der Waals surface area contributed by atoms with Crippen LogP contribution in [0.1, 0.15) is 24.4 Å². The van der Waals surface area contributed by atoms with Crippen LogP contribution in [0.3, 0.4) is 0 Å². The van der Waals surface area contributed by atoms with Crippen molar-refractivity contribution in [2.45, 2.75) is 18.9 Å². The minimum atomic E-state index is -0.0248. The van der Waals surface area contributed by atoms with Crippen molar-refractivity contribution in [2.75, 3.05) is 13.1 Å². The number of piperidine rings is 1. The summed E-state index contributed by atoms with van der Waals surface area (Å²) in [5.74, 6) is 0. The molecular formula is C14H15ClN4O. The molecular weight excluding hydrogens is 276 g/mol. The number of hydrogen-bond donors (Lipinski definition) is 1. The highest BCUT2D eigenvalue weighted by atomic mass is 35.5. The molecule has 5 nitrogen and oxygen atoms in total. The van der Waals surface area contributed by atoms with Crippen molar-refractivity contribution >= 4 is 23.3 Å². The van der Waals surface area contributed by atoms with Crippen LogP contribution in [0.5, 0.6) is 0 Å². The van der Waals surface area contributed by atoms with Gasteiger partial charge in [-0.3, -0.25) is 9.36 Å². The van der Waals surface area contributed by atoms with E-state index in [2.05, 4.69) is 16.4 Å². The number of nitrogens with one attached hydrogen (secondary N) is 1. The van der Waals surface area contributed by atoms with Gasteiger partial charge in [0.25, 0.3) is 5.56 Å². The maximum atomic E-state index is 12.4. The number of aromatic nitrogens is 2. The zero-order valence-corrected chi connectivity index (χ0v) is 11.7. The van der Waals surface area contributed by atoms with E-state index < -0.39 is 0 Å². The lowest BCUT2D eigenvalue weighted by Gasteiger charge is -2.24. The summed E-state index contributed by atoms with van der Waals surface area (Å²) in [7, 11) is 0. The Balaban J connectivity index is 0.00000147. The highest BCUT2D eigenvalue weighted by Gasteiger charge is 2.17. The molecule has 0 aliphatic carbocycles. The van der Waals surface area contributed by atoms with E-state index >= 15 is 0 Å². The van der Waals surface area contributed by atoms with E-state index in [0.717, 1.165) is 25.9 Å². The summed E-state index contributed by atoms with van der Waals surface area (Å²) in [5.41, 5.74) is 1.09. The van der Waals surface area contributed by atoms with Gasteiger partial charge in [-0.15, -0.1) is 12.4 Å². The lowest BCUT2D eigenvalue weighted by molar-refractivity contribution is 0.363. The Morgan fingerprint density at radius 2 is 2.30 bits per heavy atom. The third kappa shape index (κ3) is 2.53. The number of halogens is 1. The van der Waals surface area contributed by atoms with Crippen molar-refractivity contribution in [2.24, 2.45) is 0 Å². The van der Waals surface area contributed by atoms with Crippen LogP contribution < -0.4 is 10.9 Å². The first-order chi connectivity index (χ1) is 9.29. The fraction of sp³-hybridized carbons (Fsp3) is 0.357. The molecule has 3 rings (SSSR count). The number of benzene rings is 1. The van der Waals surface area contributed by atoms with E-state index in [-0.39, 0.29) is 24.0 Å². The van der Waals surface area contributed by atoms with Crippen LogP contribution in [0.15, 0.2) is 29.3 Å². The molecule has 1 aliphatic heterocycles. The normalized spacial score (nSPS) is 18.2. The van der Waals surface area contributed by atoms with Gasteiger partial charge in [0.1, 0.15) is 0 Å². The van der Waals surface area contributed by atoms with E-state index in [9.17, 15) is 4.79 Å². The first kappa shape index (κ1) is 14.5. The molecule has 0 radical (unpaired) electrons. The Hall–Kier alpha value is -1.90. The average Bonchev–Trinajstić information content (AvgIpc) is 2.48. The maximum absolute atomic E-state index is 12.4. The highest BCUT2D eigenvalue weighted by molar-refractivity contribution is 5.85. The predicted octanol–water partition coefficient (Wildman–Crippen LogP) is 1.61. The monoisotopic (exact) mass is 290 g/mol. The second-order valence-electron chi connectivity index (χ2n) is 4.80. The molecule has 0 bridgehead atoms. The van der Waals surface area contributed by atoms with Crippen LogP contribution in [-0.2, 0) is 0 Å². The van der Waals surface area contributed by atoms with E-state index in [4.69, 9.17) is 5.26 Å². The minimum Gasteiger partial charge on any atom is -0.315 e. The van der Waals surface area contributed by atoms with E-state index in [1.807, 2.05) is 0 Å². The second-order valence-corrected chi connectivity index (χ2v) is 4.80. The van der Waals surface area contributed by atoms with Crippen LogP contribution in [0.4, 0.5) is 0 Å². The molecule has 2 aromatic rings. The highest BCUT2D eigenvalue weighted by Crippen LogP contribution is 2.16. The van der Waals surface area contributed by atoms with Gasteiger partial charge in [-0.25, -0.2) is 4.98 Å². The molecule has 1 aliphatic rings. The molecule has 1 atom stereocenters. The molecule has 6 heteroatoms. The Labute approximate surface area is 122 Å². The van der Waals surface area contributed by atoms with Crippen LogP contribution in [-0.4, -0.2) is 22.6 Å². The first-order valence-corrected chi connectivity index (χ1v) is 6.41. The van der Waals surface area contributed by atoms with Crippen LogP contribution in [0, 0.1) is 11.3 Å². The zero-order valence-electron chi connectivity index (χ0n) is 10.9. The summed E-state index contributed by atoms with van der Waals surface area (Å²) in [6.45, 7) is 1.82. The Bertz CT molecular complexity index is 713. The van der Waals surface area contributed by atoms with Crippen molar-refractivity contribution in [3.63, 3.8) is 0 Å². The summed E-state index contributed by atoms with van der Waals surface area (Å²) in [6.07, 6.45) is 3.67. The summed E-state index contributed by atoms with van der Waals surface area (Å²) in [6, 6.07) is 7.24. The number of hydrogen-bond acceptors (Lipinski definition) is 4. The molecule has 1 fully saturated rings. The van der Waals surface area contributed by atoms with Gasteiger partial charge in [0, 0.05) is 6.54 Å². The molecule has 0 amide bonds. The van der Waals surface area contributed by atoms with Gasteiger partial charge in [0.15, 0.2) is 0 Å². The molecule has 104 valence electrons. The molecule has 2 heterocycles. The molecule has 1 unspecified atom stereocenters. The van der Waals surface area contributed by atoms with Gasteiger partial charge >= 0.3 is 0 Å². The SMILES string of the molecule is Cl.N#Cc1ccc2c(=O)n(C3CCCNC3)cnc2c1. The molecule has 20 heavy (non-hydrogen) atoms. The summed E-state index contributed by atoms with van der Waals surface area (Å²) >= 11 is 0. The summed E-state index contributed by atoms with van der Waals surface area (Å²) in [4.78, 5) is 16.7. The largest absolute Gasteiger partial charge is 0.315 e. The lowest BCUT2D eigenvalue weighted by atomic mass is 10.1. The number of rotatable bonds is 1. The standard InChI is InChI=1S/C14H14N4O.ClH/c15-7-10-3-4-12-13(6-10)17-9-18(14(12)19)11-2-1-5-16-8-11;/h3-4,6,9,11,16H,1-2,5,8H2;1H. The molecule has 1 saturated heterocycles. The van der Waals surface area contributed by atoms with Crippen molar-refractivity contribution in [3.05, 3.63) is 40.4 Å². The summed E-state index contributed by atoms with van der Waals surface area (Å²) in [5, 5.41) is 12.7. The maximum Gasteiger partial charge on any atom is 0.261 e. The van der Waals surface area contributed by atoms with Crippen molar-refractivity contribution in [3.8, 4) is 6.07 Å². The fourth-order valence-corrected chi connectivity index (χ4v) is 2.54. The van der Waals surface area contributed by atoms with E-state index in [0.29, 0.717) is 16.5 Å². The molecule has 0 saturated carbocycles. The number of nitriles is 1. The fourth-order valence-electron chi connectivity index (χ4n) is 2.54. The van der Waals surface area contributed by atoms with Gasteiger partial charge in [0.2, 0.25) is 0 Å². The van der Waals surface area contributed by atoms with Crippen molar-refractivity contribution in [1.29, 1.82) is 5.26 Å². The molecule has 1 aromatic heterocycles. The van der Waals surface area contributed by atoms with Gasteiger partial charge in [0.05, 0.1) is 34.9 Å². The van der Waals surface area contributed by atoms with Crippen LogP contribution in [0.25, 0.3) is 10.9 Å². The van der Waals surface area contributed by atoms with Gasteiger partial charge < -0.3 is 5.32 Å². The second kappa shape index (κ2) is 6.04. The molecule has 1 aromatic carbocycles. The van der Waals surface area contributed by atoms with E-state index in [1.165, 1.54) is 0 Å². The summed E-state index contributed by atoms with van der Waals surface area (Å²) < 4.78 is 1.71. The number of nitrogens with zero attached hydrogens (tertiary/aromatic N) is 3. The van der Waals surface area contributed by atoms with Crippen molar-refractivity contribution < 1.29 is 0 Å². The van der Waals surface area contributed by atoms with Crippen LogP contribution >= 0.6 is 12.4 Å². The van der Waals surface area contributed by atoms with Gasteiger partial charge in [-0.2, -0.15) is 5.26 Å². The Morgan fingerprint density at radius 1 is 1.45 bits per heavy atom. The Kier molecular flexibility index (Phi) is 4.38. The van der Waals surface area contributed by atoms with Gasteiger partial charge in [-0.05, 0) is 37.6 Å². The van der Waals surface area contributed by atoms with Gasteiger partial charge in [-0.1, -0.05) is 0 Å². The number of fused-ring (bicyclic) bond motifs is 1. The quantitative estimate of drug-likeness (QED) is 0.866. The predicted molar refractivity (Wildman–Crippen MR) is 79.1 cm³/mol. The minimum absolute atomic E-state index is 0. The average molecular weight is 291 g/mol. The zero-order chi connectivity index (χ0) is 13.2. The molecule has 1 N–H and O–H groups in total. The molecule has 0 spiro atoms. The third-order valence-electron chi connectivity index (χ3n) is 3.58. The topological polar surface area (TPSA) is 70.7 Å². The van der Waals surface area contributed by atoms with E-state index in [1.54, 1.807) is 29.1 Å². The van der Waals surface area contributed by atoms with Crippen molar-refractivity contribution in [1.82, 2.24) is 14.9 Å².